The second kappa shape index (κ2) is 6.03. The van der Waals surface area contributed by atoms with Gasteiger partial charge in [0.2, 0.25) is 0 Å². The molecule has 1 fully saturated rings. The number of halogens is 1. The van der Waals surface area contributed by atoms with Crippen LogP contribution in [0.2, 0.25) is 0 Å². The number of piperazine rings is 1. The van der Waals surface area contributed by atoms with E-state index in [0.717, 1.165) is 42.7 Å². The smallest absolute Gasteiger partial charge is 0.261 e. The summed E-state index contributed by atoms with van der Waals surface area (Å²) in [5.74, 6) is 0. The van der Waals surface area contributed by atoms with Crippen LogP contribution in [0, 0.1) is 0 Å². The van der Waals surface area contributed by atoms with Crippen LogP contribution >= 0.6 is 15.9 Å². The number of hydrogen-bond donors (Lipinski definition) is 1. The average molecular weight is 337 g/mol. The molecule has 0 radical (unpaired) electrons. The van der Waals surface area contributed by atoms with Crippen molar-refractivity contribution < 1.29 is 0 Å². The van der Waals surface area contributed by atoms with E-state index in [9.17, 15) is 4.79 Å². The summed E-state index contributed by atoms with van der Waals surface area (Å²) in [7, 11) is 0. The molecule has 5 nitrogen and oxygen atoms in total. The summed E-state index contributed by atoms with van der Waals surface area (Å²) in [5, 5.41) is 4.00. The van der Waals surface area contributed by atoms with Crippen molar-refractivity contribution >= 4 is 26.8 Å². The molecular weight excluding hydrogens is 320 g/mol. The average Bonchev–Trinajstić information content (AvgIpc) is 2.48. The van der Waals surface area contributed by atoms with Gasteiger partial charge in [0.1, 0.15) is 0 Å². The second-order valence-corrected chi connectivity index (χ2v) is 5.91. The Balaban J connectivity index is 1.81. The quantitative estimate of drug-likeness (QED) is 0.910. The molecule has 0 spiro atoms. The third-order valence-electron chi connectivity index (χ3n) is 3.65. The molecule has 1 aliphatic rings. The Labute approximate surface area is 125 Å². The lowest BCUT2D eigenvalue weighted by atomic mass is 10.2. The molecule has 1 aromatic carbocycles. The molecule has 0 unspecified atom stereocenters. The number of fused-ring (bicyclic) bond motifs is 1. The molecule has 2 heterocycles. The van der Waals surface area contributed by atoms with Crippen molar-refractivity contribution in [2.75, 3.05) is 32.7 Å². The first-order valence-corrected chi connectivity index (χ1v) is 7.61. The summed E-state index contributed by atoms with van der Waals surface area (Å²) in [5.41, 5.74) is 0.781. The van der Waals surface area contributed by atoms with Gasteiger partial charge in [-0.05, 0) is 18.2 Å². The van der Waals surface area contributed by atoms with Crippen LogP contribution in [0.25, 0.3) is 10.9 Å². The Hall–Kier alpha value is -1.24. The second-order valence-electron chi connectivity index (χ2n) is 5.00. The number of rotatable bonds is 3. The van der Waals surface area contributed by atoms with E-state index in [4.69, 9.17) is 0 Å². The molecule has 3 rings (SSSR count). The van der Waals surface area contributed by atoms with E-state index in [1.54, 1.807) is 10.9 Å². The predicted molar refractivity (Wildman–Crippen MR) is 83.0 cm³/mol. The van der Waals surface area contributed by atoms with Crippen LogP contribution in [0.3, 0.4) is 0 Å². The summed E-state index contributed by atoms with van der Waals surface area (Å²) < 4.78 is 2.61. The lowest BCUT2D eigenvalue weighted by Crippen LogP contribution is -2.45. The maximum Gasteiger partial charge on any atom is 0.261 e. The molecular formula is C14H17BrN4O. The molecule has 0 aliphatic carbocycles. The van der Waals surface area contributed by atoms with E-state index >= 15 is 0 Å². The number of aromatic nitrogens is 2. The zero-order chi connectivity index (χ0) is 13.9. The summed E-state index contributed by atoms with van der Waals surface area (Å²) >= 11 is 3.40. The summed E-state index contributed by atoms with van der Waals surface area (Å²) in [6.45, 7) is 5.72. The first-order valence-electron chi connectivity index (χ1n) is 6.82. The molecule has 0 amide bonds. The third-order valence-corrected chi connectivity index (χ3v) is 4.15. The van der Waals surface area contributed by atoms with E-state index in [1.165, 1.54) is 0 Å². The highest BCUT2D eigenvalue weighted by atomic mass is 79.9. The van der Waals surface area contributed by atoms with E-state index in [0.29, 0.717) is 11.9 Å². The standard InChI is InChI=1S/C14H17BrN4O/c15-11-1-2-13-12(9-11)14(20)19(10-17-13)8-7-18-5-3-16-4-6-18/h1-2,9-10,16H,3-8H2. The van der Waals surface area contributed by atoms with Crippen LogP contribution in [0.15, 0.2) is 33.8 Å². The number of hydrogen-bond acceptors (Lipinski definition) is 4. The largest absolute Gasteiger partial charge is 0.314 e. The van der Waals surface area contributed by atoms with Gasteiger partial charge < -0.3 is 5.32 Å². The minimum Gasteiger partial charge on any atom is -0.314 e. The van der Waals surface area contributed by atoms with Crippen molar-refractivity contribution in [3.8, 4) is 0 Å². The summed E-state index contributed by atoms with van der Waals surface area (Å²) in [6.07, 6.45) is 1.65. The summed E-state index contributed by atoms with van der Waals surface area (Å²) in [6, 6.07) is 5.60. The lowest BCUT2D eigenvalue weighted by Gasteiger charge is -2.27. The zero-order valence-corrected chi connectivity index (χ0v) is 12.8. The Bertz CT molecular complexity index is 664. The Morgan fingerprint density at radius 1 is 1.25 bits per heavy atom. The van der Waals surface area contributed by atoms with Gasteiger partial charge in [-0.25, -0.2) is 4.98 Å². The molecule has 0 atom stereocenters. The van der Waals surface area contributed by atoms with E-state index in [-0.39, 0.29) is 5.56 Å². The molecule has 106 valence electrons. The first kappa shape index (κ1) is 13.7. The Morgan fingerprint density at radius 3 is 2.85 bits per heavy atom. The molecule has 1 aromatic heterocycles. The van der Waals surface area contributed by atoms with Crippen LogP contribution in [-0.4, -0.2) is 47.2 Å². The SMILES string of the molecule is O=c1c2cc(Br)ccc2ncn1CCN1CCNCC1. The number of nitrogens with one attached hydrogen (secondary N) is 1. The molecule has 6 heteroatoms. The van der Waals surface area contributed by atoms with Crippen molar-refractivity contribution in [1.82, 2.24) is 19.8 Å². The fourth-order valence-electron chi connectivity index (χ4n) is 2.47. The van der Waals surface area contributed by atoms with Gasteiger partial charge in [0, 0.05) is 43.7 Å². The van der Waals surface area contributed by atoms with Gasteiger partial charge in [-0.1, -0.05) is 15.9 Å². The van der Waals surface area contributed by atoms with Gasteiger partial charge in [0.15, 0.2) is 0 Å². The molecule has 0 saturated carbocycles. The fraction of sp³-hybridized carbons (Fsp3) is 0.429. The van der Waals surface area contributed by atoms with Crippen molar-refractivity contribution in [1.29, 1.82) is 0 Å². The molecule has 20 heavy (non-hydrogen) atoms. The van der Waals surface area contributed by atoms with Crippen molar-refractivity contribution in [2.24, 2.45) is 0 Å². The molecule has 0 bridgehead atoms. The van der Waals surface area contributed by atoms with Crippen LogP contribution in [0.5, 0.6) is 0 Å². The minimum absolute atomic E-state index is 0.0337. The van der Waals surface area contributed by atoms with Gasteiger partial charge >= 0.3 is 0 Å². The van der Waals surface area contributed by atoms with Gasteiger partial charge in [-0.3, -0.25) is 14.3 Å². The highest BCUT2D eigenvalue weighted by Crippen LogP contribution is 2.14. The normalized spacial score (nSPS) is 16.6. The van der Waals surface area contributed by atoms with Crippen molar-refractivity contribution in [3.63, 3.8) is 0 Å². The fourth-order valence-corrected chi connectivity index (χ4v) is 2.84. The van der Waals surface area contributed by atoms with Crippen LogP contribution in [0.4, 0.5) is 0 Å². The predicted octanol–water partition coefficient (Wildman–Crippen LogP) is 1.06. The monoisotopic (exact) mass is 336 g/mol. The third kappa shape index (κ3) is 2.92. The van der Waals surface area contributed by atoms with Crippen molar-refractivity contribution in [3.05, 3.63) is 39.4 Å². The topological polar surface area (TPSA) is 50.2 Å². The molecule has 1 N–H and O–H groups in total. The number of benzene rings is 1. The number of nitrogens with zero attached hydrogens (tertiary/aromatic N) is 3. The Kier molecular flexibility index (Phi) is 4.14. The lowest BCUT2D eigenvalue weighted by molar-refractivity contribution is 0.231. The molecule has 2 aromatic rings. The minimum atomic E-state index is 0.0337. The maximum absolute atomic E-state index is 12.4. The van der Waals surface area contributed by atoms with E-state index in [2.05, 4.69) is 31.1 Å². The highest BCUT2D eigenvalue weighted by molar-refractivity contribution is 9.10. The van der Waals surface area contributed by atoms with E-state index in [1.807, 2.05) is 18.2 Å². The molecule has 1 aliphatic heterocycles. The zero-order valence-electron chi connectivity index (χ0n) is 11.2. The van der Waals surface area contributed by atoms with Crippen molar-refractivity contribution in [2.45, 2.75) is 6.54 Å². The van der Waals surface area contributed by atoms with Gasteiger partial charge in [-0.15, -0.1) is 0 Å². The van der Waals surface area contributed by atoms with E-state index < -0.39 is 0 Å². The summed E-state index contributed by atoms with van der Waals surface area (Å²) in [4.78, 5) is 19.2. The maximum atomic E-state index is 12.4. The highest BCUT2D eigenvalue weighted by Gasteiger charge is 2.10. The Morgan fingerprint density at radius 2 is 2.05 bits per heavy atom. The molecule has 1 saturated heterocycles. The van der Waals surface area contributed by atoms with Gasteiger partial charge in [-0.2, -0.15) is 0 Å². The first-order chi connectivity index (χ1) is 9.74. The van der Waals surface area contributed by atoms with Crippen LogP contribution in [0.1, 0.15) is 0 Å². The van der Waals surface area contributed by atoms with Gasteiger partial charge in [0.25, 0.3) is 5.56 Å². The van der Waals surface area contributed by atoms with Crippen LogP contribution < -0.4 is 10.9 Å². The van der Waals surface area contributed by atoms with Gasteiger partial charge in [0.05, 0.1) is 17.2 Å². The van der Waals surface area contributed by atoms with Crippen LogP contribution in [-0.2, 0) is 6.54 Å².